The molecule has 1 heterocycles. The smallest absolute Gasteiger partial charge is 0.253 e. The molecule has 1 aromatic rings. The minimum atomic E-state index is -2.49. The van der Waals surface area contributed by atoms with Crippen LogP contribution in [0.15, 0.2) is 16.7 Å². The van der Waals surface area contributed by atoms with Crippen LogP contribution in [-0.2, 0) is 6.42 Å². The fraction of sp³-hybridized carbons (Fsp3) is 0.500. The molecule has 0 saturated heterocycles. The average molecular weight is 175 g/mol. The Morgan fingerprint density at radius 2 is 2.25 bits per heavy atom. The predicted octanol–water partition coefficient (Wildman–Crippen LogP) is 1.72. The van der Waals surface area contributed by atoms with Gasteiger partial charge >= 0.3 is 0 Å². The minimum absolute atomic E-state index is 0.0938. The van der Waals surface area contributed by atoms with E-state index in [2.05, 4.69) is 0 Å². The van der Waals surface area contributed by atoms with Crippen molar-refractivity contribution >= 4 is 0 Å². The Hall–Kier alpha value is -0.900. The van der Waals surface area contributed by atoms with Gasteiger partial charge < -0.3 is 10.2 Å². The molecule has 0 aliphatic rings. The highest BCUT2D eigenvalue weighted by Gasteiger charge is 2.17. The van der Waals surface area contributed by atoms with Crippen molar-refractivity contribution in [2.75, 3.05) is 0 Å². The maximum atomic E-state index is 12.0. The monoisotopic (exact) mass is 175 g/mol. The maximum absolute atomic E-state index is 12.0. The van der Waals surface area contributed by atoms with Crippen molar-refractivity contribution in [1.82, 2.24) is 0 Å². The molecule has 1 unspecified atom stereocenters. The summed E-state index contributed by atoms with van der Waals surface area (Å²) >= 11 is 0. The van der Waals surface area contributed by atoms with Crippen LogP contribution in [0, 0.1) is 6.92 Å². The second kappa shape index (κ2) is 3.67. The zero-order valence-corrected chi connectivity index (χ0v) is 6.76. The molecule has 0 bridgehead atoms. The highest BCUT2D eigenvalue weighted by molar-refractivity contribution is 5.15. The molecule has 4 heteroatoms. The first-order valence-corrected chi connectivity index (χ1v) is 3.68. The van der Waals surface area contributed by atoms with Gasteiger partial charge in [0.1, 0.15) is 5.76 Å². The molecule has 68 valence electrons. The molecule has 1 rings (SSSR count). The molecule has 0 aliphatic heterocycles. The average Bonchev–Trinajstić information content (AvgIpc) is 2.36. The van der Waals surface area contributed by atoms with Gasteiger partial charge in [-0.1, -0.05) is 0 Å². The Bertz CT molecular complexity index is 247. The number of nitrogens with two attached hydrogens (primary N) is 1. The molecule has 0 spiro atoms. The van der Waals surface area contributed by atoms with Crippen molar-refractivity contribution in [2.24, 2.45) is 5.73 Å². The van der Waals surface area contributed by atoms with Gasteiger partial charge in [-0.15, -0.1) is 0 Å². The third-order valence-electron chi connectivity index (χ3n) is 1.71. The molecule has 0 saturated carbocycles. The molecule has 12 heavy (non-hydrogen) atoms. The van der Waals surface area contributed by atoms with E-state index in [9.17, 15) is 8.78 Å². The number of furan rings is 1. The Balaban J connectivity index is 2.58. The van der Waals surface area contributed by atoms with Crippen LogP contribution in [0.3, 0.4) is 0 Å². The van der Waals surface area contributed by atoms with Gasteiger partial charge in [0, 0.05) is 6.42 Å². The lowest BCUT2D eigenvalue weighted by Gasteiger charge is -2.08. The molecule has 0 radical (unpaired) electrons. The summed E-state index contributed by atoms with van der Waals surface area (Å²) < 4.78 is 28.9. The van der Waals surface area contributed by atoms with Gasteiger partial charge in [-0.3, -0.25) is 0 Å². The van der Waals surface area contributed by atoms with Gasteiger partial charge in [0.05, 0.1) is 12.3 Å². The molecular formula is C8H11F2NO. The predicted molar refractivity (Wildman–Crippen MR) is 41.1 cm³/mol. The topological polar surface area (TPSA) is 39.2 Å². The van der Waals surface area contributed by atoms with Gasteiger partial charge in [-0.25, -0.2) is 8.78 Å². The van der Waals surface area contributed by atoms with E-state index in [1.54, 1.807) is 13.0 Å². The number of halogens is 2. The molecular weight excluding hydrogens is 164 g/mol. The largest absolute Gasteiger partial charge is 0.469 e. The summed E-state index contributed by atoms with van der Waals surface area (Å²) in [6.45, 7) is 1.80. The van der Waals surface area contributed by atoms with E-state index in [0.29, 0.717) is 5.76 Å². The molecule has 1 atom stereocenters. The third-order valence-corrected chi connectivity index (χ3v) is 1.71. The van der Waals surface area contributed by atoms with Crippen LogP contribution >= 0.6 is 0 Å². The minimum Gasteiger partial charge on any atom is -0.469 e. The van der Waals surface area contributed by atoms with Gasteiger partial charge in [0.2, 0.25) is 0 Å². The summed E-state index contributed by atoms with van der Waals surface area (Å²) in [5.41, 5.74) is 6.03. The van der Waals surface area contributed by atoms with Gasteiger partial charge in [0.25, 0.3) is 6.43 Å². The van der Waals surface area contributed by atoms with E-state index >= 15 is 0 Å². The van der Waals surface area contributed by atoms with E-state index in [1.165, 1.54) is 6.26 Å². The van der Waals surface area contributed by atoms with Crippen LogP contribution in [0.1, 0.15) is 11.3 Å². The van der Waals surface area contributed by atoms with E-state index in [4.69, 9.17) is 10.2 Å². The van der Waals surface area contributed by atoms with Crippen LogP contribution in [0.2, 0.25) is 0 Å². The number of alkyl halides is 2. The van der Waals surface area contributed by atoms with E-state index in [1.807, 2.05) is 0 Å². The van der Waals surface area contributed by atoms with Crippen LogP contribution in [0.25, 0.3) is 0 Å². The normalized spacial score (nSPS) is 13.8. The highest BCUT2D eigenvalue weighted by Crippen LogP contribution is 2.13. The van der Waals surface area contributed by atoms with E-state index in [-0.39, 0.29) is 6.42 Å². The fourth-order valence-corrected chi connectivity index (χ4v) is 0.916. The number of rotatable bonds is 3. The second-order valence-electron chi connectivity index (χ2n) is 2.73. The van der Waals surface area contributed by atoms with E-state index in [0.717, 1.165) is 5.56 Å². The van der Waals surface area contributed by atoms with Crippen LogP contribution in [0.4, 0.5) is 8.78 Å². The van der Waals surface area contributed by atoms with Gasteiger partial charge in [-0.05, 0) is 18.6 Å². The van der Waals surface area contributed by atoms with Crippen LogP contribution in [0.5, 0.6) is 0 Å². The molecule has 1 aromatic heterocycles. The van der Waals surface area contributed by atoms with Crippen molar-refractivity contribution in [3.05, 3.63) is 23.7 Å². The molecule has 0 aromatic carbocycles. The first-order chi connectivity index (χ1) is 5.61. The van der Waals surface area contributed by atoms with Crippen LogP contribution < -0.4 is 5.73 Å². The molecule has 0 fully saturated rings. The molecule has 0 aliphatic carbocycles. The lowest BCUT2D eigenvalue weighted by atomic mass is 10.1. The van der Waals surface area contributed by atoms with Crippen molar-refractivity contribution < 1.29 is 13.2 Å². The summed E-state index contributed by atoms with van der Waals surface area (Å²) in [5, 5.41) is 0. The Morgan fingerprint density at radius 3 is 2.67 bits per heavy atom. The molecule has 0 amide bonds. The third kappa shape index (κ3) is 2.04. The van der Waals surface area contributed by atoms with E-state index < -0.39 is 12.5 Å². The van der Waals surface area contributed by atoms with Crippen molar-refractivity contribution in [3.8, 4) is 0 Å². The lowest BCUT2D eigenvalue weighted by molar-refractivity contribution is 0.113. The summed E-state index contributed by atoms with van der Waals surface area (Å²) in [7, 11) is 0. The summed E-state index contributed by atoms with van der Waals surface area (Å²) in [6, 6.07) is 0.600. The quantitative estimate of drug-likeness (QED) is 0.759. The molecule has 2 nitrogen and oxygen atoms in total. The second-order valence-corrected chi connectivity index (χ2v) is 2.73. The summed E-state index contributed by atoms with van der Waals surface area (Å²) in [4.78, 5) is 0. The number of hydrogen-bond donors (Lipinski definition) is 1. The summed E-state index contributed by atoms with van der Waals surface area (Å²) in [6.07, 6.45) is -0.922. The SMILES string of the molecule is Cc1ccoc1CC(N)C(F)F. The van der Waals surface area contributed by atoms with Crippen molar-refractivity contribution in [1.29, 1.82) is 0 Å². The Morgan fingerprint density at radius 1 is 1.58 bits per heavy atom. The number of hydrogen-bond acceptors (Lipinski definition) is 2. The lowest BCUT2D eigenvalue weighted by Crippen LogP contribution is -2.30. The fourth-order valence-electron chi connectivity index (χ4n) is 0.916. The van der Waals surface area contributed by atoms with Gasteiger partial charge in [0.15, 0.2) is 0 Å². The zero-order chi connectivity index (χ0) is 9.14. The van der Waals surface area contributed by atoms with Crippen molar-refractivity contribution in [3.63, 3.8) is 0 Å². The van der Waals surface area contributed by atoms with Crippen LogP contribution in [-0.4, -0.2) is 12.5 Å². The Labute approximate surface area is 69.4 Å². The Kier molecular flexibility index (Phi) is 2.81. The maximum Gasteiger partial charge on any atom is 0.253 e. The highest BCUT2D eigenvalue weighted by atomic mass is 19.3. The summed E-state index contributed by atoms with van der Waals surface area (Å²) in [5.74, 6) is 0.544. The zero-order valence-electron chi connectivity index (χ0n) is 6.76. The van der Waals surface area contributed by atoms with Gasteiger partial charge in [-0.2, -0.15) is 0 Å². The molecule has 2 N–H and O–H groups in total. The first-order valence-electron chi connectivity index (χ1n) is 3.68. The van der Waals surface area contributed by atoms with Crippen molar-refractivity contribution in [2.45, 2.75) is 25.8 Å². The first kappa shape index (κ1) is 9.19. The number of aryl methyl sites for hydroxylation is 1. The standard InChI is InChI=1S/C8H11F2NO/c1-5-2-3-12-7(5)4-6(11)8(9)10/h2-3,6,8H,4,11H2,1H3.